The molecule has 1 fully saturated rings. The van der Waals surface area contributed by atoms with E-state index in [1.807, 2.05) is 42.3 Å². The molecule has 0 amide bonds. The largest absolute Gasteiger partial charge is 0.481 e. The van der Waals surface area contributed by atoms with E-state index >= 15 is 0 Å². The van der Waals surface area contributed by atoms with Crippen LogP contribution in [0.5, 0.6) is 0 Å². The Morgan fingerprint density at radius 1 is 1.45 bits per heavy atom. The molecule has 6 heteroatoms. The van der Waals surface area contributed by atoms with Crippen LogP contribution in [0, 0.1) is 5.92 Å². The summed E-state index contributed by atoms with van der Waals surface area (Å²) < 4.78 is 0. The van der Waals surface area contributed by atoms with Gasteiger partial charge in [-0.15, -0.1) is 0 Å². The van der Waals surface area contributed by atoms with Gasteiger partial charge < -0.3 is 5.11 Å². The van der Waals surface area contributed by atoms with Crippen molar-refractivity contribution in [2.24, 2.45) is 10.9 Å². The Morgan fingerprint density at radius 3 is 2.80 bits per heavy atom. The molecule has 3 aliphatic heterocycles. The van der Waals surface area contributed by atoms with E-state index in [0.29, 0.717) is 6.54 Å². The van der Waals surface area contributed by atoms with E-state index in [-0.39, 0.29) is 12.3 Å². The maximum atomic E-state index is 11.2. The highest BCUT2D eigenvalue weighted by Crippen LogP contribution is 2.36. The minimum atomic E-state index is -0.831. The lowest BCUT2D eigenvalue weighted by Gasteiger charge is -2.55. The number of aliphatic carboxylic acids is 1. The quantitative estimate of drug-likeness (QED) is 0.902. The van der Waals surface area contributed by atoms with Crippen molar-refractivity contribution in [2.45, 2.75) is 32.7 Å². The van der Waals surface area contributed by atoms with Gasteiger partial charge in [-0.05, 0) is 12.5 Å². The van der Waals surface area contributed by atoms with Crippen LogP contribution in [0.4, 0.5) is 0 Å². The maximum absolute atomic E-state index is 11.2. The van der Waals surface area contributed by atoms with Crippen LogP contribution >= 0.6 is 0 Å². The number of carboxylic acids is 1. The highest BCUT2D eigenvalue weighted by atomic mass is 16.8. The third kappa shape index (κ3) is 2.07. The van der Waals surface area contributed by atoms with Gasteiger partial charge in [0.05, 0.1) is 12.5 Å². The molecular formula is C14H17N3O3. The second-order valence-electron chi connectivity index (χ2n) is 5.14. The average molecular weight is 275 g/mol. The summed E-state index contributed by atoms with van der Waals surface area (Å²) in [5.74, 6) is -0.509. The SMILES string of the molecule is CC1=NC2ON(C2C(C)C(=O)O)N1Cc1ccccc1. The molecule has 0 aromatic heterocycles. The van der Waals surface area contributed by atoms with Crippen LogP contribution in [0.15, 0.2) is 35.3 Å². The van der Waals surface area contributed by atoms with Gasteiger partial charge >= 0.3 is 5.97 Å². The third-order valence-corrected chi connectivity index (χ3v) is 3.77. The first-order valence-corrected chi connectivity index (χ1v) is 6.62. The topological polar surface area (TPSA) is 65.4 Å². The van der Waals surface area contributed by atoms with Crippen molar-refractivity contribution in [2.75, 3.05) is 0 Å². The molecule has 6 nitrogen and oxygen atoms in total. The number of hydroxylamine groups is 1. The molecular weight excluding hydrogens is 258 g/mol. The minimum Gasteiger partial charge on any atom is -0.481 e. The molecule has 4 rings (SSSR count). The average Bonchev–Trinajstić information content (AvgIpc) is 2.41. The molecule has 0 spiro atoms. The van der Waals surface area contributed by atoms with Crippen LogP contribution in [-0.4, -0.2) is 39.4 Å². The van der Waals surface area contributed by atoms with Crippen LogP contribution in [0.25, 0.3) is 0 Å². The van der Waals surface area contributed by atoms with Crippen molar-refractivity contribution in [3.8, 4) is 0 Å². The Kier molecular flexibility index (Phi) is 3.19. The Labute approximate surface area is 117 Å². The monoisotopic (exact) mass is 275 g/mol. The van der Waals surface area contributed by atoms with Crippen LogP contribution in [0.3, 0.4) is 0 Å². The Balaban J connectivity index is 1.80. The molecule has 1 aromatic rings. The predicted molar refractivity (Wildman–Crippen MR) is 72.4 cm³/mol. The van der Waals surface area contributed by atoms with Crippen molar-refractivity contribution in [1.82, 2.24) is 10.2 Å². The number of hydrogen-bond donors (Lipinski definition) is 1. The molecule has 4 unspecified atom stereocenters. The number of hydrazine groups is 1. The van der Waals surface area contributed by atoms with Gasteiger partial charge in [0.2, 0.25) is 0 Å². The van der Waals surface area contributed by atoms with Crippen molar-refractivity contribution >= 4 is 11.8 Å². The summed E-state index contributed by atoms with van der Waals surface area (Å²) in [4.78, 5) is 21.1. The van der Waals surface area contributed by atoms with E-state index in [4.69, 9.17) is 9.94 Å². The number of carboxylic acid groups (broad SMARTS) is 1. The van der Waals surface area contributed by atoms with E-state index in [1.165, 1.54) is 0 Å². The number of rotatable bonds is 4. The third-order valence-electron chi connectivity index (χ3n) is 3.77. The van der Waals surface area contributed by atoms with Gasteiger partial charge in [-0.1, -0.05) is 42.4 Å². The Bertz CT molecular complexity index is 546. The summed E-state index contributed by atoms with van der Waals surface area (Å²) in [6, 6.07) is 9.72. The normalized spacial score (nSPS) is 29.4. The first-order chi connectivity index (χ1) is 9.58. The number of benzene rings is 1. The fraction of sp³-hybridized carbons (Fsp3) is 0.429. The predicted octanol–water partition coefficient (Wildman–Crippen LogP) is 1.50. The number of aliphatic imine (C=N–C) groups is 1. The van der Waals surface area contributed by atoms with E-state index in [1.54, 1.807) is 12.1 Å². The molecule has 0 saturated carbocycles. The second kappa shape index (κ2) is 4.88. The lowest BCUT2D eigenvalue weighted by molar-refractivity contribution is -0.425. The molecule has 3 aliphatic rings. The maximum Gasteiger partial charge on any atom is 0.308 e. The van der Waals surface area contributed by atoms with E-state index < -0.39 is 11.9 Å². The number of amidine groups is 1. The number of hydrogen-bond acceptors (Lipinski definition) is 5. The number of nitrogens with zero attached hydrogens (tertiary/aromatic N) is 3. The first-order valence-electron chi connectivity index (χ1n) is 6.62. The van der Waals surface area contributed by atoms with Gasteiger partial charge in [0, 0.05) is 0 Å². The van der Waals surface area contributed by atoms with Gasteiger partial charge in [-0.25, -0.2) is 4.99 Å². The van der Waals surface area contributed by atoms with Gasteiger partial charge in [0.25, 0.3) is 0 Å². The number of carbonyl (C=O) groups is 1. The second-order valence-corrected chi connectivity index (χ2v) is 5.14. The highest BCUT2D eigenvalue weighted by molar-refractivity contribution is 5.80. The van der Waals surface area contributed by atoms with Crippen LogP contribution in [0.2, 0.25) is 0 Å². The van der Waals surface area contributed by atoms with E-state index in [0.717, 1.165) is 11.4 Å². The molecule has 106 valence electrons. The first kappa shape index (κ1) is 13.1. The van der Waals surface area contributed by atoms with Crippen molar-refractivity contribution in [1.29, 1.82) is 0 Å². The van der Waals surface area contributed by atoms with Crippen LogP contribution in [-0.2, 0) is 16.2 Å². The fourth-order valence-corrected chi connectivity index (χ4v) is 2.53. The zero-order valence-electron chi connectivity index (χ0n) is 11.4. The van der Waals surface area contributed by atoms with Crippen LogP contribution in [0.1, 0.15) is 19.4 Å². The summed E-state index contributed by atoms with van der Waals surface area (Å²) in [5.41, 5.74) is 1.12. The zero-order valence-corrected chi connectivity index (χ0v) is 11.4. The van der Waals surface area contributed by atoms with Crippen LogP contribution < -0.4 is 0 Å². The standard InChI is InChI=1S/C14H17N3O3/c1-9(14(18)19)12-13-15-10(2)16(17(12)20-13)8-11-6-4-3-5-7-11/h3-7,9,12-13H,8H2,1-2H3,(H,18,19). The molecule has 3 heterocycles. The Morgan fingerprint density at radius 2 is 2.15 bits per heavy atom. The van der Waals surface area contributed by atoms with Gasteiger partial charge in [-0.3, -0.25) is 14.6 Å². The lowest BCUT2D eigenvalue weighted by atomic mass is 9.98. The fourth-order valence-electron chi connectivity index (χ4n) is 2.53. The molecule has 0 aliphatic carbocycles. The molecule has 20 heavy (non-hydrogen) atoms. The summed E-state index contributed by atoms with van der Waals surface area (Å²) in [6.07, 6.45) is -0.367. The molecule has 1 N–H and O–H groups in total. The van der Waals surface area contributed by atoms with Gasteiger partial charge in [0.1, 0.15) is 11.9 Å². The summed E-state index contributed by atoms with van der Waals surface area (Å²) >= 11 is 0. The Hall–Kier alpha value is -1.92. The minimum absolute atomic E-state index is 0.236. The zero-order chi connectivity index (χ0) is 14.3. The van der Waals surface area contributed by atoms with Crippen molar-refractivity contribution < 1.29 is 14.7 Å². The summed E-state index contributed by atoms with van der Waals surface area (Å²) in [7, 11) is 0. The molecule has 0 radical (unpaired) electrons. The summed E-state index contributed by atoms with van der Waals surface area (Å²) in [6.45, 7) is 4.21. The van der Waals surface area contributed by atoms with E-state index in [9.17, 15) is 4.79 Å². The molecule has 1 saturated heterocycles. The van der Waals surface area contributed by atoms with Crippen molar-refractivity contribution in [3.05, 3.63) is 35.9 Å². The van der Waals surface area contributed by atoms with Crippen molar-refractivity contribution in [3.63, 3.8) is 0 Å². The molecule has 4 atom stereocenters. The molecule has 2 bridgehead atoms. The number of fused-ring (bicyclic) bond motifs is 1. The van der Waals surface area contributed by atoms with Gasteiger partial charge in [0.15, 0.2) is 6.23 Å². The van der Waals surface area contributed by atoms with Gasteiger partial charge in [-0.2, -0.15) is 0 Å². The lowest BCUT2D eigenvalue weighted by Crippen LogP contribution is -2.71. The smallest absolute Gasteiger partial charge is 0.308 e. The summed E-state index contributed by atoms with van der Waals surface area (Å²) in [5, 5.41) is 12.7. The molecule has 1 aromatic carbocycles. The van der Waals surface area contributed by atoms with E-state index in [2.05, 4.69) is 4.99 Å². The highest BCUT2D eigenvalue weighted by Gasteiger charge is 2.53.